The van der Waals surface area contributed by atoms with Gasteiger partial charge in [-0.25, -0.2) is 5.43 Å². The van der Waals surface area contributed by atoms with E-state index in [0.29, 0.717) is 12.5 Å². The van der Waals surface area contributed by atoms with Gasteiger partial charge in [0.05, 0.1) is 12.6 Å². The Morgan fingerprint density at radius 1 is 0.828 bits per heavy atom. The van der Waals surface area contributed by atoms with Crippen LogP contribution in [0.15, 0.2) is 84.9 Å². The minimum Gasteiger partial charge on any atom is -0.395 e. The van der Waals surface area contributed by atoms with Gasteiger partial charge in [-0.1, -0.05) is 84.9 Å². The molecule has 1 aliphatic heterocycles. The molecule has 2 atom stereocenters. The molecular formula is C25H29N3O. The van der Waals surface area contributed by atoms with Gasteiger partial charge < -0.3 is 5.11 Å². The standard InChI is InChI=1S/C25H29N3O/c29-16-15-28(18-20-7-3-1-4-8-20)19-24-17-26-27-25(24)23-13-11-22(12-14-23)21-9-5-2-6-10-21/h1-14,24-27,29H,15-19H2. The van der Waals surface area contributed by atoms with E-state index in [9.17, 15) is 5.11 Å². The van der Waals surface area contributed by atoms with Gasteiger partial charge in [0, 0.05) is 32.1 Å². The fourth-order valence-electron chi connectivity index (χ4n) is 4.12. The number of aliphatic hydroxyl groups excluding tert-OH is 1. The Hall–Kier alpha value is -2.50. The van der Waals surface area contributed by atoms with Crippen molar-refractivity contribution >= 4 is 0 Å². The van der Waals surface area contributed by atoms with E-state index < -0.39 is 0 Å². The fourth-order valence-corrected chi connectivity index (χ4v) is 4.12. The van der Waals surface area contributed by atoms with Crippen LogP contribution in [0.4, 0.5) is 0 Å². The van der Waals surface area contributed by atoms with Gasteiger partial charge in [-0.05, 0) is 22.3 Å². The second-order valence-corrected chi connectivity index (χ2v) is 7.70. The largest absolute Gasteiger partial charge is 0.395 e. The predicted octanol–water partition coefficient (Wildman–Crippen LogP) is 3.61. The Bertz CT molecular complexity index is 868. The van der Waals surface area contributed by atoms with Crippen LogP contribution in [0.3, 0.4) is 0 Å². The normalized spacial score (nSPS) is 19.0. The number of nitrogens with one attached hydrogen (secondary N) is 2. The molecular weight excluding hydrogens is 358 g/mol. The first-order valence-electron chi connectivity index (χ1n) is 10.3. The molecule has 1 heterocycles. The number of hydrogen-bond donors (Lipinski definition) is 3. The van der Waals surface area contributed by atoms with Gasteiger partial charge in [0.2, 0.25) is 0 Å². The minimum atomic E-state index is 0.177. The molecule has 150 valence electrons. The monoisotopic (exact) mass is 387 g/mol. The molecule has 4 rings (SSSR count). The van der Waals surface area contributed by atoms with E-state index in [1.165, 1.54) is 22.3 Å². The van der Waals surface area contributed by atoms with Crippen LogP contribution in [0.5, 0.6) is 0 Å². The average Bonchev–Trinajstić information content (AvgIpc) is 3.23. The summed E-state index contributed by atoms with van der Waals surface area (Å²) in [6.45, 7) is 3.57. The number of hydrogen-bond acceptors (Lipinski definition) is 4. The highest BCUT2D eigenvalue weighted by molar-refractivity contribution is 5.63. The zero-order valence-electron chi connectivity index (χ0n) is 16.7. The lowest BCUT2D eigenvalue weighted by Gasteiger charge is -2.27. The van der Waals surface area contributed by atoms with Crippen molar-refractivity contribution in [2.75, 3.05) is 26.2 Å². The molecule has 2 unspecified atom stereocenters. The zero-order valence-corrected chi connectivity index (χ0v) is 16.7. The highest BCUT2D eigenvalue weighted by atomic mass is 16.3. The van der Waals surface area contributed by atoms with Gasteiger partial charge in [0.25, 0.3) is 0 Å². The third kappa shape index (κ3) is 5.11. The summed E-state index contributed by atoms with van der Waals surface area (Å²) in [7, 11) is 0. The van der Waals surface area contributed by atoms with Gasteiger partial charge in [-0.2, -0.15) is 0 Å². The van der Waals surface area contributed by atoms with Crippen molar-refractivity contribution < 1.29 is 5.11 Å². The summed E-state index contributed by atoms with van der Waals surface area (Å²) in [6.07, 6.45) is 0. The number of aliphatic hydroxyl groups is 1. The lowest BCUT2D eigenvalue weighted by Crippen LogP contribution is -2.34. The molecule has 0 spiro atoms. The van der Waals surface area contributed by atoms with Crippen molar-refractivity contribution in [3.8, 4) is 11.1 Å². The van der Waals surface area contributed by atoms with E-state index in [1.807, 2.05) is 12.1 Å². The van der Waals surface area contributed by atoms with E-state index in [2.05, 4.69) is 88.5 Å². The highest BCUT2D eigenvalue weighted by Gasteiger charge is 2.29. The fraction of sp³-hybridized carbons (Fsp3) is 0.280. The van der Waals surface area contributed by atoms with E-state index in [1.54, 1.807) is 0 Å². The molecule has 0 radical (unpaired) electrons. The lowest BCUT2D eigenvalue weighted by atomic mass is 9.92. The summed E-state index contributed by atoms with van der Waals surface area (Å²) < 4.78 is 0. The van der Waals surface area contributed by atoms with Crippen molar-refractivity contribution in [3.63, 3.8) is 0 Å². The number of rotatable bonds is 8. The zero-order chi connectivity index (χ0) is 19.9. The predicted molar refractivity (Wildman–Crippen MR) is 118 cm³/mol. The van der Waals surface area contributed by atoms with Gasteiger partial charge in [-0.15, -0.1) is 0 Å². The summed E-state index contributed by atoms with van der Waals surface area (Å²) in [5, 5.41) is 9.54. The summed E-state index contributed by atoms with van der Waals surface area (Å²) in [5.74, 6) is 0.438. The lowest BCUT2D eigenvalue weighted by molar-refractivity contribution is 0.167. The number of nitrogens with zero attached hydrogens (tertiary/aromatic N) is 1. The Morgan fingerprint density at radius 2 is 1.48 bits per heavy atom. The second kappa shape index (κ2) is 9.81. The van der Waals surface area contributed by atoms with Crippen molar-refractivity contribution in [3.05, 3.63) is 96.1 Å². The summed E-state index contributed by atoms with van der Waals surface area (Å²) in [6, 6.07) is 30.1. The van der Waals surface area contributed by atoms with Crippen molar-refractivity contribution in [1.82, 2.24) is 15.8 Å². The van der Waals surface area contributed by atoms with Crippen LogP contribution in [-0.4, -0.2) is 36.2 Å². The molecule has 3 N–H and O–H groups in total. The Balaban J connectivity index is 1.45. The molecule has 1 fully saturated rings. The first-order valence-corrected chi connectivity index (χ1v) is 10.3. The molecule has 3 aromatic carbocycles. The number of benzene rings is 3. The molecule has 1 saturated heterocycles. The third-order valence-electron chi connectivity index (χ3n) is 5.63. The SMILES string of the molecule is OCCN(Cc1ccccc1)CC1CNNC1c1ccc(-c2ccccc2)cc1. The van der Waals surface area contributed by atoms with Crippen LogP contribution in [0.25, 0.3) is 11.1 Å². The van der Waals surface area contributed by atoms with Crippen LogP contribution in [0.1, 0.15) is 17.2 Å². The smallest absolute Gasteiger partial charge is 0.0558 e. The van der Waals surface area contributed by atoms with Crippen molar-refractivity contribution in [2.24, 2.45) is 5.92 Å². The number of hydrazine groups is 1. The van der Waals surface area contributed by atoms with E-state index in [4.69, 9.17) is 0 Å². The first kappa shape index (κ1) is 19.8. The van der Waals surface area contributed by atoms with Crippen LogP contribution < -0.4 is 10.9 Å². The molecule has 0 bridgehead atoms. The van der Waals surface area contributed by atoms with E-state index in [-0.39, 0.29) is 12.6 Å². The third-order valence-corrected chi connectivity index (χ3v) is 5.63. The first-order chi connectivity index (χ1) is 14.3. The molecule has 0 saturated carbocycles. The summed E-state index contributed by atoms with van der Waals surface area (Å²) in [5.41, 5.74) is 11.8. The van der Waals surface area contributed by atoms with E-state index in [0.717, 1.165) is 19.6 Å². The van der Waals surface area contributed by atoms with Crippen LogP contribution >= 0.6 is 0 Å². The van der Waals surface area contributed by atoms with Gasteiger partial charge in [-0.3, -0.25) is 10.3 Å². The molecule has 3 aromatic rings. The summed E-state index contributed by atoms with van der Waals surface area (Å²) in [4.78, 5) is 2.35. The van der Waals surface area contributed by atoms with Crippen LogP contribution in [0, 0.1) is 5.92 Å². The molecule has 4 heteroatoms. The molecule has 4 nitrogen and oxygen atoms in total. The topological polar surface area (TPSA) is 47.5 Å². The minimum absolute atomic E-state index is 0.177. The molecule has 0 aliphatic carbocycles. The van der Waals surface area contributed by atoms with Crippen molar-refractivity contribution in [2.45, 2.75) is 12.6 Å². The average molecular weight is 388 g/mol. The van der Waals surface area contributed by atoms with Crippen LogP contribution in [-0.2, 0) is 6.54 Å². The molecule has 29 heavy (non-hydrogen) atoms. The second-order valence-electron chi connectivity index (χ2n) is 7.70. The Labute approximate surface area is 173 Å². The Kier molecular flexibility index (Phi) is 6.70. The maximum atomic E-state index is 9.54. The summed E-state index contributed by atoms with van der Waals surface area (Å²) >= 11 is 0. The van der Waals surface area contributed by atoms with E-state index >= 15 is 0 Å². The maximum absolute atomic E-state index is 9.54. The quantitative estimate of drug-likeness (QED) is 0.553. The molecule has 1 aliphatic rings. The van der Waals surface area contributed by atoms with Gasteiger partial charge in [0.1, 0.15) is 0 Å². The van der Waals surface area contributed by atoms with Crippen LogP contribution in [0.2, 0.25) is 0 Å². The highest BCUT2D eigenvalue weighted by Crippen LogP contribution is 2.28. The maximum Gasteiger partial charge on any atom is 0.0558 e. The van der Waals surface area contributed by atoms with Crippen molar-refractivity contribution in [1.29, 1.82) is 0 Å². The van der Waals surface area contributed by atoms with Gasteiger partial charge in [0.15, 0.2) is 0 Å². The van der Waals surface area contributed by atoms with Gasteiger partial charge >= 0.3 is 0 Å². The molecule has 0 amide bonds. The Morgan fingerprint density at radius 3 is 2.17 bits per heavy atom. The molecule has 0 aromatic heterocycles.